The molecule has 1 aromatic heterocycles. The summed E-state index contributed by atoms with van der Waals surface area (Å²) in [5.41, 5.74) is 3.04. The molecule has 0 unspecified atom stereocenters. The van der Waals surface area contributed by atoms with E-state index in [9.17, 15) is 9.59 Å². The minimum atomic E-state index is -0.436. The molecule has 0 amide bonds. The van der Waals surface area contributed by atoms with Gasteiger partial charge in [-0.2, -0.15) is 0 Å². The third-order valence-corrected chi connectivity index (χ3v) is 4.60. The Morgan fingerprint density at radius 1 is 1.15 bits per heavy atom. The molecule has 2 aromatic carbocycles. The molecule has 0 saturated heterocycles. The second-order valence-electron chi connectivity index (χ2n) is 6.08. The molecule has 0 fully saturated rings. The first-order valence-electron chi connectivity index (χ1n) is 8.63. The summed E-state index contributed by atoms with van der Waals surface area (Å²) in [5.74, 6) is 0.00872. The van der Waals surface area contributed by atoms with E-state index >= 15 is 0 Å². The molecule has 0 N–H and O–H groups in total. The number of halogens is 1. The summed E-state index contributed by atoms with van der Waals surface area (Å²) >= 11 is 6.38. The number of benzene rings is 2. The quantitative estimate of drug-likeness (QED) is 0.454. The monoisotopic (exact) mass is 385 g/mol. The molecule has 1 heterocycles. The lowest BCUT2D eigenvalue weighted by Crippen LogP contribution is -2.14. The van der Waals surface area contributed by atoms with E-state index in [0.717, 1.165) is 22.3 Å². The fraction of sp³-hybridized carbons (Fsp3) is 0.238. The third kappa shape index (κ3) is 3.69. The Labute approximate surface area is 162 Å². The van der Waals surface area contributed by atoms with Crippen LogP contribution in [0.4, 0.5) is 0 Å². The molecule has 5 nitrogen and oxygen atoms in total. The molecule has 0 aliphatic rings. The predicted molar refractivity (Wildman–Crippen MR) is 105 cm³/mol. The molecule has 0 bridgehead atoms. The molecular formula is C21H20ClNO4. The number of carbonyl (C=O) groups is 2. The zero-order valence-electron chi connectivity index (χ0n) is 15.4. The van der Waals surface area contributed by atoms with Crippen molar-refractivity contribution in [3.8, 4) is 11.4 Å². The topological polar surface area (TPSA) is 57.5 Å². The Bertz CT molecular complexity index is 1020. The molecule has 3 aromatic rings. The number of fused-ring (bicyclic) bond motifs is 1. The lowest BCUT2D eigenvalue weighted by atomic mass is 10.1. The normalized spacial score (nSPS) is 10.8. The van der Waals surface area contributed by atoms with E-state index in [2.05, 4.69) is 0 Å². The largest absolute Gasteiger partial charge is 0.482 e. The van der Waals surface area contributed by atoms with Crippen molar-refractivity contribution in [3.63, 3.8) is 0 Å². The summed E-state index contributed by atoms with van der Waals surface area (Å²) in [4.78, 5) is 23.8. The Morgan fingerprint density at radius 2 is 1.89 bits per heavy atom. The van der Waals surface area contributed by atoms with Crippen molar-refractivity contribution >= 4 is 34.3 Å². The van der Waals surface area contributed by atoms with E-state index in [0.29, 0.717) is 22.9 Å². The van der Waals surface area contributed by atoms with Crippen LogP contribution in [-0.4, -0.2) is 29.5 Å². The average molecular weight is 386 g/mol. The van der Waals surface area contributed by atoms with E-state index in [1.54, 1.807) is 19.1 Å². The van der Waals surface area contributed by atoms with Crippen molar-refractivity contribution in [3.05, 3.63) is 58.7 Å². The first-order valence-corrected chi connectivity index (χ1v) is 9.01. The molecule has 0 saturated carbocycles. The summed E-state index contributed by atoms with van der Waals surface area (Å²) in [5, 5.41) is 1.34. The highest BCUT2D eigenvalue weighted by Gasteiger charge is 2.20. The van der Waals surface area contributed by atoms with E-state index in [1.807, 2.05) is 41.8 Å². The van der Waals surface area contributed by atoms with Crippen LogP contribution in [0.5, 0.6) is 5.75 Å². The number of hydrogen-bond acceptors (Lipinski definition) is 4. The predicted octanol–water partition coefficient (Wildman–Crippen LogP) is 4.74. The van der Waals surface area contributed by atoms with E-state index in [1.165, 1.54) is 6.92 Å². The summed E-state index contributed by atoms with van der Waals surface area (Å²) < 4.78 is 12.4. The zero-order valence-corrected chi connectivity index (χ0v) is 16.2. The van der Waals surface area contributed by atoms with Crippen LogP contribution in [0.1, 0.15) is 29.9 Å². The minimum Gasteiger partial charge on any atom is -0.482 e. The Morgan fingerprint density at radius 3 is 2.56 bits per heavy atom. The van der Waals surface area contributed by atoms with Crippen LogP contribution in [0.25, 0.3) is 16.6 Å². The van der Waals surface area contributed by atoms with Crippen LogP contribution in [0, 0.1) is 6.92 Å². The van der Waals surface area contributed by atoms with Crippen LogP contribution in [-0.2, 0) is 9.53 Å². The number of carbonyl (C=O) groups excluding carboxylic acids is 2. The fourth-order valence-corrected chi connectivity index (χ4v) is 3.44. The van der Waals surface area contributed by atoms with Crippen molar-refractivity contribution in [1.82, 2.24) is 4.57 Å². The van der Waals surface area contributed by atoms with Crippen LogP contribution in [0.2, 0.25) is 5.02 Å². The van der Waals surface area contributed by atoms with Gasteiger partial charge in [0.05, 0.1) is 22.8 Å². The van der Waals surface area contributed by atoms with Crippen molar-refractivity contribution in [1.29, 1.82) is 0 Å². The molecule has 3 rings (SSSR count). The molecular weight excluding hydrogens is 366 g/mol. The maximum Gasteiger partial charge on any atom is 0.344 e. The number of esters is 1. The molecule has 0 aliphatic carbocycles. The first kappa shape index (κ1) is 19.0. The van der Waals surface area contributed by atoms with Crippen LogP contribution >= 0.6 is 11.6 Å². The number of Topliss-reactive ketones (excluding diaryl/α,β-unsaturated/α-hetero) is 1. The standard InChI is InChI=1S/C21H20ClNO4/c1-4-26-20(25)12-27-15-9-10-18-16(11-15)21(14(3)24)13(2)23(18)19-8-6-5-7-17(19)22/h5-11H,4,12H2,1-3H3. The highest BCUT2D eigenvalue weighted by Crippen LogP contribution is 2.34. The van der Waals surface area contributed by atoms with Gasteiger partial charge in [0.1, 0.15) is 5.75 Å². The van der Waals surface area contributed by atoms with Gasteiger partial charge < -0.3 is 14.0 Å². The van der Waals surface area contributed by atoms with Gasteiger partial charge in [-0.1, -0.05) is 23.7 Å². The first-order chi connectivity index (χ1) is 12.9. The Hall–Kier alpha value is -2.79. The minimum absolute atomic E-state index is 0.0501. The maximum absolute atomic E-state index is 12.3. The number of hydrogen-bond donors (Lipinski definition) is 0. The summed E-state index contributed by atoms with van der Waals surface area (Å²) in [6.07, 6.45) is 0. The summed E-state index contributed by atoms with van der Waals surface area (Å²) in [6.45, 7) is 5.28. The number of ether oxygens (including phenoxy) is 2. The number of ketones is 1. The molecule has 0 radical (unpaired) electrons. The SMILES string of the molecule is CCOC(=O)COc1ccc2c(c1)c(C(C)=O)c(C)n2-c1ccccc1Cl. The van der Waals surface area contributed by atoms with Gasteiger partial charge in [-0.25, -0.2) is 4.79 Å². The molecule has 27 heavy (non-hydrogen) atoms. The van der Waals surface area contributed by atoms with Crippen molar-refractivity contribution < 1.29 is 19.1 Å². The highest BCUT2D eigenvalue weighted by molar-refractivity contribution is 6.32. The maximum atomic E-state index is 12.3. The van der Waals surface area contributed by atoms with E-state index < -0.39 is 5.97 Å². The highest BCUT2D eigenvalue weighted by atomic mass is 35.5. The van der Waals surface area contributed by atoms with E-state index in [-0.39, 0.29) is 12.4 Å². The van der Waals surface area contributed by atoms with Crippen LogP contribution in [0.3, 0.4) is 0 Å². The summed E-state index contributed by atoms with van der Waals surface area (Å²) in [6, 6.07) is 12.9. The van der Waals surface area contributed by atoms with Gasteiger partial charge >= 0.3 is 5.97 Å². The second kappa shape index (κ2) is 7.84. The van der Waals surface area contributed by atoms with Crippen molar-refractivity contribution in [2.75, 3.05) is 13.2 Å². The second-order valence-corrected chi connectivity index (χ2v) is 6.48. The van der Waals surface area contributed by atoms with Gasteiger partial charge in [-0.05, 0) is 51.1 Å². The lowest BCUT2D eigenvalue weighted by molar-refractivity contribution is -0.145. The fourth-order valence-electron chi connectivity index (χ4n) is 3.22. The number of para-hydroxylation sites is 1. The van der Waals surface area contributed by atoms with Gasteiger partial charge in [0.25, 0.3) is 0 Å². The van der Waals surface area contributed by atoms with Gasteiger partial charge in [0.2, 0.25) is 0 Å². The molecule has 140 valence electrons. The van der Waals surface area contributed by atoms with Gasteiger partial charge in [-0.3, -0.25) is 4.79 Å². The van der Waals surface area contributed by atoms with E-state index in [4.69, 9.17) is 21.1 Å². The number of aromatic nitrogens is 1. The smallest absolute Gasteiger partial charge is 0.344 e. The Balaban J connectivity index is 2.11. The molecule has 0 spiro atoms. The number of nitrogens with zero attached hydrogens (tertiary/aromatic N) is 1. The summed E-state index contributed by atoms with van der Waals surface area (Å²) in [7, 11) is 0. The van der Waals surface area contributed by atoms with Crippen molar-refractivity contribution in [2.45, 2.75) is 20.8 Å². The lowest BCUT2D eigenvalue weighted by Gasteiger charge is -2.11. The van der Waals surface area contributed by atoms with Crippen LogP contribution in [0.15, 0.2) is 42.5 Å². The average Bonchev–Trinajstić information content (AvgIpc) is 2.92. The van der Waals surface area contributed by atoms with Gasteiger partial charge in [0, 0.05) is 16.6 Å². The Kier molecular flexibility index (Phi) is 5.51. The molecule has 0 aliphatic heterocycles. The van der Waals surface area contributed by atoms with Crippen LogP contribution < -0.4 is 4.74 Å². The van der Waals surface area contributed by atoms with Crippen molar-refractivity contribution in [2.24, 2.45) is 0 Å². The zero-order chi connectivity index (χ0) is 19.6. The van der Waals surface area contributed by atoms with Gasteiger partial charge in [0.15, 0.2) is 12.4 Å². The van der Waals surface area contributed by atoms with Gasteiger partial charge in [-0.15, -0.1) is 0 Å². The third-order valence-electron chi connectivity index (χ3n) is 4.28. The number of rotatable bonds is 6. The molecule has 0 atom stereocenters. The molecule has 6 heteroatoms.